The summed E-state index contributed by atoms with van der Waals surface area (Å²) in [6.45, 7) is 1.98. The Morgan fingerprint density at radius 2 is 1.78 bits per heavy atom. The number of carboxylic acids is 1. The molecule has 0 saturated carbocycles. The van der Waals surface area contributed by atoms with Crippen LogP contribution in [0.2, 0.25) is 0 Å². The Kier molecular flexibility index (Phi) is 4.21. The second kappa shape index (κ2) is 6.16. The molecular weight excluding hydrogens is 405 g/mol. The highest BCUT2D eigenvalue weighted by Crippen LogP contribution is 2.22. The number of pyridine rings is 1. The van der Waals surface area contributed by atoms with Crippen LogP contribution in [0.4, 0.5) is 0 Å². The van der Waals surface area contributed by atoms with Gasteiger partial charge < -0.3 is 9.51 Å². The predicted molar refractivity (Wildman–Crippen MR) is 96.3 cm³/mol. The van der Waals surface area contributed by atoms with Crippen molar-refractivity contribution in [3.8, 4) is 0 Å². The van der Waals surface area contributed by atoms with Crippen LogP contribution in [0.3, 0.4) is 0 Å². The molecule has 0 atom stereocenters. The van der Waals surface area contributed by atoms with Crippen molar-refractivity contribution in [1.29, 1.82) is 0 Å². The molecule has 23 heavy (non-hydrogen) atoms. The van der Waals surface area contributed by atoms with Gasteiger partial charge >= 0.3 is 5.97 Å². The fraction of sp³-hybridized carbons (Fsp3) is 0.111. The number of carboxylic acid groups (broad SMARTS) is 1. The largest absolute Gasteiger partial charge is 0.478 e. The van der Waals surface area contributed by atoms with Crippen LogP contribution < -0.4 is 0 Å². The molecule has 0 aliphatic rings. The molecule has 1 aromatic carbocycles. The lowest BCUT2D eigenvalue weighted by atomic mass is 10.0. The van der Waals surface area contributed by atoms with Gasteiger partial charge in [-0.1, -0.05) is 6.92 Å². The number of carbonyl (C=O) groups is 2. The quantitative estimate of drug-likeness (QED) is 0.513. The SMILES string of the molecule is CCc1cc2cc(C(=O)O)ccn2c1C(=O)c1ccc(I)cc1. The van der Waals surface area contributed by atoms with Gasteiger partial charge in [-0.15, -0.1) is 0 Å². The van der Waals surface area contributed by atoms with Crippen molar-refractivity contribution in [1.82, 2.24) is 4.40 Å². The van der Waals surface area contributed by atoms with E-state index in [1.807, 2.05) is 37.3 Å². The summed E-state index contributed by atoms with van der Waals surface area (Å²) >= 11 is 2.20. The van der Waals surface area contributed by atoms with Crippen LogP contribution in [0.1, 0.15) is 38.9 Å². The average Bonchev–Trinajstić information content (AvgIpc) is 2.92. The number of hydrogen-bond donors (Lipinski definition) is 1. The van der Waals surface area contributed by atoms with Gasteiger partial charge in [0.1, 0.15) is 0 Å². The summed E-state index contributed by atoms with van der Waals surface area (Å²) in [7, 11) is 0. The number of halogens is 1. The van der Waals surface area contributed by atoms with Crippen molar-refractivity contribution in [3.05, 3.63) is 74.6 Å². The van der Waals surface area contributed by atoms with E-state index in [4.69, 9.17) is 5.11 Å². The van der Waals surface area contributed by atoms with E-state index in [-0.39, 0.29) is 11.3 Å². The van der Waals surface area contributed by atoms with Crippen LogP contribution in [-0.2, 0) is 6.42 Å². The molecule has 3 rings (SSSR count). The van der Waals surface area contributed by atoms with Crippen LogP contribution in [0, 0.1) is 3.57 Å². The minimum atomic E-state index is -0.975. The Morgan fingerprint density at radius 1 is 1.09 bits per heavy atom. The van der Waals surface area contributed by atoms with Crippen molar-refractivity contribution in [2.24, 2.45) is 0 Å². The highest BCUT2D eigenvalue weighted by atomic mass is 127. The van der Waals surface area contributed by atoms with Gasteiger partial charge in [-0.2, -0.15) is 0 Å². The molecule has 5 heteroatoms. The maximum Gasteiger partial charge on any atom is 0.335 e. The van der Waals surface area contributed by atoms with Crippen molar-refractivity contribution in [2.45, 2.75) is 13.3 Å². The fourth-order valence-corrected chi connectivity index (χ4v) is 2.99. The lowest BCUT2D eigenvalue weighted by molar-refractivity contribution is 0.0696. The number of hydrogen-bond acceptors (Lipinski definition) is 2. The Morgan fingerprint density at radius 3 is 2.39 bits per heavy atom. The molecule has 0 unspecified atom stereocenters. The minimum Gasteiger partial charge on any atom is -0.478 e. The zero-order valence-electron chi connectivity index (χ0n) is 12.4. The molecule has 4 nitrogen and oxygen atoms in total. The minimum absolute atomic E-state index is 0.0543. The number of benzene rings is 1. The van der Waals surface area contributed by atoms with Gasteiger partial charge in [0, 0.05) is 20.8 Å². The molecule has 0 radical (unpaired) electrons. The molecule has 0 fully saturated rings. The first-order chi connectivity index (χ1) is 11.0. The van der Waals surface area contributed by atoms with Gasteiger partial charge in [0.2, 0.25) is 5.78 Å². The zero-order chi connectivity index (χ0) is 16.6. The maximum atomic E-state index is 12.9. The zero-order valence-corrected chi connectivity index (χ0v) is 14.6. The summed E-state index contributed by atoms with van der Waals surface area (Å²) in [6, 6.07) is 12.4. The number of fused-ring (bicyclic) bond motifs is 1. The molecule has 2 aromatic heterocycles. The molecule has 0 amide bonds. The Balaban J connectivity index is 2.17. The van der Waals surface area contributed by atoms with Crippen molar-refractivity contribution < 1.29 is 14.7 Å². The van der Waals surface area contributed by atoms with E-state index in [9.17, 15) is 9.59 Å². The van der Waals surface area contributed by atoms with Crippen LogP contribution >= 0.6 is 22.6 Å². The molecule has 3 aromatic rings. The number of aromatic carboxylic acids is 1. The van der Waals surface area contributed by atoms with Gasteiger partial charge in [0.25, 0.3) is 0 Å². The molecule has 0 bridgehead atoms. The molecule has 0 aliphatic heterocycles. The fourth-order valence-electron chi connectivity index (χ4n) is 2.63. The smallest absolute Gasteiger partial charge is 0.335 e. The van der Waals surface area contributed by atoms with E-state index in [0.29, 0.717) is 17.7 Å². The standard InChI is InChI=1S/C18H14INO3/c1-2-11-9-15-10-13(18(22)23)7-8-20(15)16(11)17(21)12-3-5-14(19)6-4-12/h3-10H,2H2,1H3,(H,22,23). The van der Waals surface area contributed by atoms with E-state index in [1.165, 1.54) is 6.07 Å². The normalized spacial score (nSPS) is 10.9. The van der Waals surface area contributed by atoms with Gasteiger partial charge in [0.05, 0.1) is 11.3 Å². The third-order valence-corrected chi connectivity index (χ3v) is 4.52. The lowest BCUT2D eigenvalue weighted by Crippen LogP contribution is -2.08. The van der Waals surface area contributed by atoms with Gasteiger partial charge in [0.15, 0.2) is 0 Å². The highest BCUT2D eigenvalue weighted by molar-refractivity contribution is 14.1. The lowest BCUT2D eigenvalue weighted by Gasteiger charge is -2.06. The third kappa shape index (κ3) is 2.88. The number of nitrogens with zero attached hydrogens (tertiary/aromatic N) is 1. The summed E-state index contributed by atoms with van der Waals surface area (Å²) < 4.78 is 2.84. The van der Waals surface area contributed by atoms with Crippen LogP contribution in [0.15, 0.2) is 48.7 Å². The summed E-state index contributed by atoms with van der Waals surface area (Å²) in [5.74, 6) is -1.03. The number of aromatic nitrogens is 1. The highest BCUT2D eigenvalue weighted by Gasteiger charge is 2.19. The van der Waals surface area contributed by atoms with Crippen LogP contribution in [0.25, 0.3) is 5.52 Å². The number of carbonyl (C=O) groups excluding carboxylic acids is 1. The predicted octanol–water partition coefficient (Wildman–Crippen LogP) is 4.04. The van der Waals surface area contributed by atoms with E-state index < -0.39 is 5.97 Å². The Labute approximate surface area is 146 Å². The second-order valence-corrected chi connectivity index (χ2v) is 6.47. The maximum absolute atomic E-state index is 12.9. The second-order valence-electron chi connectivity index (χ2n) is 5.22. The molecule has 116 valence electrons. The van der Waals surface area contributed by atoms with Crippen LogP contribution in [-0.4, -0.2) is 21.3 Å². The molecule has 2 heterocycles. The number of ketones is 1. The molecule has 0 spiro atoms. The summed E-state index contributed by atoms with van der Waals surface area (Å²) in [4.78, 5) is 24.0. The first kappa shape index (κ1) is 15.7. The number of rotatable bonds is 4. The topological polar surface area (TPSA) is 58.8 Å². The van der Waals surface area contributed by atoms with Crippen molar-refractivity contribution in [2.75, 3.05) is 0 Å². The van der Waals surface area contributed by atoms with Crippen LogP contribution in [0.5, 0.6) is 0 Å². The molecule has 1 N–H and O–H groups in total. The first-order valence-electron chi connectivity index (χ1n) is 7.18. The Hall–Kier alpha value is -2.15. The van der Waals surface area contributed by atoms with E-state index in [0.717, 1.165) is 14.7 Å². The molecule has 0 saturated heterocycles. The molecule has 0 aliphatic carbocycles. The summed E-state index contributed by atoms with van der Waals surface area (Å²) in [5, 5.41) is 9.11. The number of aryl methyl sites for hydroxylation is 1. The summed E-state index contributed by atoms with van der Waals surface area (Å²) in [5.41, 5.74) is 3.07. The summed E-state index contributed by atoms with van der Waals surface area (Å²) in [6.07, 6.45) is 2.35. The average molecular weight is 419 g/mol. The van der Waals surface area contributed by atoms with Gasteiger partial charge in [-0.05, 0) is 77.0 Å². The van der Waals surface area contributed by atoms with Gasteiger partial charge in [-0.3, -0.25) is 4.79 Å². The van der Waals surface area contributed by atoms with Crippen molar-refractivity contribution >= 4 is 39.9 Å². The Bertz CT molecular complexity index is 910. The van der Waals surface area contributed by atoms with E-state index in [2.05, 4.69) is 22.6 Å². The third-order valence-electron chi connectivity index (χ3n) is 3.80. The van der Waals surface area contributed by atoms with Crippen molar-refractivity contribution in [3.63, 3.8) is 0 Å². The first-order valence-corrected chi connectivity index (χ1v) is 8.26. The van der Waals surface area contributed by atoms with E-state index in [1.54, 1.807) is 16.7 Å². The van der Waals surface area contributed by atoms with Gasteiger partial charge in [-0.25, -0.2) is 4.79 Å². The van der Waals surface area contributed by atoms with E-state index >= 15 is 0 Å². The monoisotopic (exact) mass is 419 g/mol. The molecular formula is C18H14INO3.